The number of amides is 4. The number of hydrogen-bond acceptors (Lipinski definition) is 10. The van der Waals surface area contributed by atoms with Crippen LogP contribution < -0.4 is 24.8 Å². The van der Waals surface area contributed by atoms with Crippen molar-refractivity contribution < 1.29 is 41.8 Å². The molecule has 1 unspecified atom stereocenters. The summed E-state index contributed by atoms with van der Waals surface area (Å²) in [7, 11) is -2.55. The molecule has 0 bridgehead atoms. The van der Waals surface area contributed by atoms with Gasteiger partial charge in [0.15, 0.2) is 0 Å². The Balaban J connectivity index is 1.29. The van der Waals surface area contributed by atoms with E-state index in [1.807, 2.05) is 48.5 Å². The van der Waals surface area contributed by atoms with Crippen molar-refractivity contribution in [1.29, 1.82) is 0 Å². The van der Waals surface area contributed by atoms with Crippen LogP contribution >= 0.6 is 0 Å². The number of hydrogen-bond donors (Lipinski definition) is 3. The van der Waals surface area contributed by atoms with Crippen molar-refractivity contribution in [3.05, 3.63) is 115 Å². The highest BCUT2D eigenvalue weighted by Gasteiger charge is 2.46. The first-order chi connectivity index (χ1) is 28.3. The highest BCUT2D eigenvalue weighted by molar-refractivity contribution is 7.90. The molecule has 14 nitrogen and oxygen atoms in total. The van der Waals surface area contributed by atoms with Crippen LogP contribution in [0, 0.1) is 5.41 Å². The van der Waals surface area contributed by atoms with Crippen LogP contribution in [0.2, 0.25) is 0 Å². The van der Waals surface area contributed by atoms with Crippen molar-refractivity contribution in [2.45, 2.75) is 76.6 Å². The lowest BCUT2D eigenvalue weighted by molar-refractivity contribution is -0.140. The topological polar surface area (TPSA) is 182 Å². The number of carbonyl (C=O) groups excluding carboxylic acids is 4. The minimum atomic E-state index is -4.12. The van der Waals surface area contributed by atoms with Gasteiger partial charge >= 0.3 is 6.09 Å². The maximum absolute atomic E-state index is 14.6. The number of nitrogens with one attached hydrogen (secondary N) is 3. The Bertz CT molecular complexity index is 2480. The average molecular weight is 836 g/mol. The van der Waals surface area contributed by atoms with Gasteiger partial charge in [-0.25, -0.2) is 22.9 Å². The van der Waals surface area contributed by atoms with Crippen LogP contribution in [0.3, 0.4) is 0 Å². The number of anilines is 1. The molecule has 1 aromatic heterocycles. The fraction of sp³-hybridized carbons (Fsp3) is 0.311. The number of fused-ring (bicyclic) bond motifs is 1. The Morgan fingerprint density at radius 2 is 1.48 bits per heavy atom. The number of alkyl carbamates (subject to hydrolysis) is 1. The molecule has 1 fully saturated rings. The number of aromatic nitrogens is 1. The van der Waals surface area contributed by atoms with Crippen molar-refractivity contribution in [3.63, 3.8) is 0 Å². The third-order valence-electron chi connectivity index (χ3n) is 9.66. The molecule has 0 spiro atoms. The van der Waals surface area contributed by atoms with Crippen LogP contribution in [0.25, 0.3) is 22.2 Å². The average Bonchev–Trinajstić information content (AvgIpc) is 3.63. The molecule has 3 atom stereocenters. The van der Waals surface area contributed by atoms with Gasteiger partial charge in [0.05, 0.1) is 29.8 Å². The van der Waals surface area contributed by atoms with Gasteiger partial charge in [-0.1, -0.05) is 69.3 Å². The first-order valence-corrected chi connectivity index (χ1v) is 20.8. The van der Waals surface area contributed by atoms with E-state index in [4.69, 9.17) is 19.2 Å². The van der Waals surface area contributed by atoms with E-state index in [0.29, 0.717) is 33.8 Å². The van der Waals surface area contributed by atoms with Crippen molar-refractivity contribution in [3.8, 4) is 22.8 Å². The summed E-state index contributed by atoms with van der Waals surface area (Å²) >= 11 is 0. The van der Waals surface area contributed by atoms with Crippen LogP contribution in [0.4, 0.5) is 10.5 Å². The maximum atomic E-state index is 14.6. The summed E-state index contributed by atoms with van der Waals surface area (Å²) in [6, 6.07) is 27.9. The fourth-order valence-corrected chi connectivity index (χ4v) is 7.72. The van der Waals surface area contributed by atoms with E-state index in [1.54, 1.807) is 72.9 Å². The predicted molar refractivity (Wildman–Crippen MR) is 227 cm³/mol. The number of likely N-dealkylation sites (tertiary alicyclic amines) is 1. The van der Waals surface area contributed by atoms with Gasteiger partial charge in [0.1, 0.15) is 35.3 Å². The standard InChI is InChI=1S/C45H49N5O9S/c1-44(2,3)39(48-43(54)59-45(4,5)6)42(53)50-27-32(58-38-26-35(28-14-10-8-11-15-28)47-36-24-31(57-7)22-23-34(36)38)25-37(50)41(52)46-30-20-18-29(19-21-30)40(51)49-60(55,56)33-16-12-9-13-17-33/h8-24,26,32,37,39H,25,27H2,1-7H3,(H,46,52)(H,48,54)(H,49,51)/t32-,37?,39-/m1/s1. The lowest BCUT2D eigenvalue weighted by atomic mass is 9.85. The third kappa shape index (κ3) is 10.4. The Morgan fingerprint density at radius 3 is 2.10 bits per heavy atom. The third-order valence-corrected chi connectivity index (χ3v) is 11.0. The Morgan fingerprint density at radius 1 is 0.833 bits per heavy atom. The van der Waals surface area contributed by atoms with Gasteiger partial charge in [-0.2, -0.15) is 0 Å². The number of nitrogens with zero attached hydrogens (tertiary/aromatic N) is 2. The number of rotatable bonds is 11. The molecular formula is C45H49N5O9S. The summed E-state index contributed by atoms with van der Waals surface area (Å²) < 4.78 is 45.2. The second-order valence-corrected chi connectivity index (χ2v) is 18.2. The van der Waals surface area contributed by atoms with Gasteiger partial charge in [0.2, 0.25) is 11.8 Å². The van der Waals surface area contributed by atoms with E-state index >= 15 is 0 Å². The smallest absolute Gasteiger partial charge is 0.408 e. The number of sulfonamides is 1. The summed E-state index contributed by atoms with van der Waals surface area (Å²) in [4.78, 5) is 61.0. The fourth-order valence-electron chi connectivity index (χ4n) is 6.72. The first-order valence-electron chi connectivity index (χ1n) is 19.4. The maximum Gasteiger partial charge on any atom is 0.408 e. The van der Waals surface area contributed by atoms with Crippen LogP contribution in [-0.2, 0) is 24.3 Å². The molecule has 1 aliphatic heterocycles. The highest BCUT2D eigenvalue weighted by atomic mass is 32.2. The zero-order chi connectivity index (χ0) is 43.4. The summed E-state index contributed by atoms with van der Waals surface area (Å²) in [5.74, 6) is -0.815. The number of ether oxygens (including phenoxy) is 3. The first kappa shape index (κ1) is 43.1. The predicted octanol–water partition coefficient (Wildman–Crippen LogP) is 6.96. The molecule has 2 heterocycles. The van der Waals surface area contributed by atoms with Gasteiger partial charge in [-0.05, 0) is 74.7 Å². The lowest BCUT2D eigenvalue weighted by Crippen LogP contribution is -2.57. The lowest BCUT2D eigenvalue weighted by Gasteiger charge is -2.35. The van der Waals surface area contributed by atoms with E-state index < -0.39 is 63.0 Å². The molecule has 15 heteroatoms. The molecule has 1 saturated heterocycles. The second-order valence-electron chi connectivity index (χ2n) is 16.5. The van der Waals surface area contributed by atoms with Crippen LogP contribution in [0.1, 0.15) is 58.3 Å². The van der Waals surface area contributed by atoms with E-state index in [-0.39, 0.29) is 23.4 Å². The van der Waals surface area contributed by atoms with Gasteiger partial charge < -0.3 is 29.7 Å². The van der Waals surface area contributed by atoms with E-state index in [2.05, 4.69) is 15.4 Å². The highest BCUT2D eigenvalue weighted by Crippen LogP contribution is 2.35. The number of methoxy groups -OCH3 is 1. The second kappa shape index (κ2) is 17.4. The molecule has 5 aromatic rings. The molecule has 1 aliphatic rings. The molecule has 6 rings (SSSR count). The van der Waals surface area contributed by atoms with E-state index in [9.17, 15) is 27.6 Å². The van der Waals surface area contributed by atoms with E-state index in [0.717, 1.165) is 5.56 Å². The molecule has 4 aromatic carbocycles. The monoisotopic (exact) mass is 835 g/mol. The molecular weight excluding hydrogens is 787 g/mol. The molecule has 314 valence electrons. The SMILES string of the molecule is COc1ccc2c(O[C@@H]3CC(C(=O)Nc4ccc(C(=O)NS(=O)(=O)c5ccccc5)cc4)N(C(=O)[C@@H](NC(=O)OC(C)(C)C)C(C)(C)C)C3)cc(-c3ccccc3)nc2c1. The molecule has 4 amide bonds. The molecule has 60 heavy (non-hydrogen) atoms. The van der Waals surface area contributed by atoms with Gasteiger partial charge in [0, 0.05) is 40.8 Å². The Kier molecular flexibility index (Phi) is 12.5. The van der Waals surface area contributed by atoms with Crippen molar-refractivity contribution in [1.82, 2.24) is 19.9 Å². The van der Waals surface area contributed by atoms with Crippen LogP contribution in [0.5, 0.6) is 11.5 Å². The Hall–Kier alpha value is -6.48. The minimum Gasteiger partial charge on any atom is -0.497 e. The van der Waals surface area contributed by atoms with Crippen LogP contribution in [-0.4, -0.2) is 79.6 Å². The summed E-state index contributed by atoms with van der Waals surface area (Å²) in [6.07, 6.45) is -1.38. The normalized spacial score (nSPS) is 16.1. The molecule has 3 N–H and O–H groups in total. The van der Waals surface area contributed by atoms with Crippen molar-refractivity contribution in [2.75, 3.05) is 19.0 Å². The van der Waals surface area contributed by atoms with E-state index in [1.165, 1.54) is 41.3 Å². The van der Waals surface area contributed by atoms with Crippen molar-refractivity contribution in [2.24, 2.45) is 5.41 Å². The zero-order valence-corrected chi connectivity index (χ0v) is 35.3. The van der Waals surface area contributed by atoms with Gasteiger partial charge in [-0.15, -0.1) is 0 Å². The zero-order valence-electron chi connectivity index (χ0n) is 34.5. The van der Waals surface area contributed by atoms with Gasteiger partial charge in [0.25, 0.3) is 15.9 Å². The molecule has 0 radical (unpaired) electrons. The summed E-state index contributed by atoms with van der Waals surface area (Å²) in [6.45, 7) is 10.6. The summed E-state index contributed by atoms with van der Waals surface area (Å²) in [5, 5.41) is 6.28. The number of benzene rings is 4. The van der Waals surface area contributed by atoms with Crippen molar-refractivity contribution >= 4 is 50.4 Å². The summed E-state index contributed by atoms with van der Waals surface area (Å²) in [5.41, 5.74) is 0.828. The number of pyridine rings is 1. The van der Waals surface area contributed by atoms with Gasteiger partial charge in [-0.3, -0.25) is 14.4 Å². The number of carbonyl (C=O) groups is 4. The Labute approximate surface area is 349 Å². The minimum absolute atomic E-state index is 0.00482. The largest absolute Gasteiger partial charge is 0.497 e. The van der Waals surface area contributed by atoms with Crippen LogP contribution in [0.15, 0.2) is 114 Å². The molecule has 0 saturated carbocycles. The quantitative estimate of drug-likeness (QED) is 0.126. The molecule has 0 aliphatic carbocycles.